The largest absolute Gasteiger partial charge is 0.494 e. The highest BCUT2D eigenvalue weighted by atomic mass is 18.2. The van der Waals surface area contributed by atoms with Gasteiger partial charge in [-0.1, -0.05) is 19.9 Å². The van der Waals surface area contributed by atoms with Gasteiger partial charge in [0.15, 0.2) is 5.76 Å². The minimum absolute atomic E-state index is 0.0565. The number of methoxy groups -OCH3 is 2. The lowest BCUT2D eigenvalue weighted by Gasteiger charge is -2.20. The van der Waals surface area contributed by atoms with E-state index in [2.05, 4.69) is 31.3 Å². The third-order valence-corrected chi connectivity index (χ3v) is 6.23. The van der Waals surface area contributed by atoms with E-state index in [9.17, 15) is 9.18 Å². The SMILES string of the molecule is COc1cc(OCC[18F])cc(OC)c1NC(=O)c1ccc(Oc2cc3c(cc2C)CCC3(C)C)o1. The number of halogens is 1. The fraction of sp³-hybridized carbons (Fsp3) is 0.370. The molecule has 1 heterocycles. The van der Waals surface area contributed by atoms with Crippen LogP contribution in [0.4, 0.5) is 10.1 Å². The number of hydrogen-bond acceptors (Lipinski definition) is 6. The van der Waals surface area contributed by atoms with Crippen LogP contribution in [0.2, 0.25) is 0 Å². The molecule has 0 fully saturated rings. The lowest BCUT2D eigenvalue weighted by molar-refractivity contribution is 0.0991. The van der Waals surface area contributed by atoms with E-state index in [1.165, 1.54) is 31.4 Å². The van der Waals surface area contributed by atoms with Crippen LogP contribution in [0.15, 0.2) is 40.8 Å². The molecular weight excluding hydrogens is 452 g/mol. The standard InChI is InChI=1S/C27H30FNO6/c1-16-12-17-8-9-27(2,3)19(17)15-21(16)35-24-7-6-20(34-24)26(30)29-25-22(31-4)13-18(33-11-10-28)14-23(25)32-5/h6-7,12-15H,8-11H2,1-5H3,(H,29,30)/i28-1. The molecule has 0 atom stereocenters. The molecule has 3 aromatic rings. The Hall–Kier alpha value is -3.68. The van der Waals surface area contributed by atoms with Crippen molar-refractivity contribution >= 4 is 11.6 Å². The smallest absolute Gasteiger partial charge is 0.291 e. The van der Waals surface area contributed by atoms with E-state index in [0.717, 1.165) is 18.4 Å². The second kappa shape index (κ2) is 9.90. The molecule has 2 aromatic carbocycles. The molecular formula is C27H30FNO6. The highest BCUT2D eigenvalue weighted by Gasteiger charge is 2.31. The van der Waals surface area contributed by atoms with Crippen LogP contribution in [-0.2, 0) is 11.8 Å². The summed E-state index contributed by atoms with van der Waals surface area (Å²) in [6, 6.07) is 10.5. The first-order valence-electron chi connectivity index (χ1n) is 11.4. The van der Waals surface area contributed by atoms with E-state index in [1.807, 2.05) is 6.92 Å². The Morgan fingerprint density at radius 3 is 2.46 bits per heavy atom. The van der Waals surface area contributed by atoms with Crippen LogP contribution in [0.3, 0.4) is 0 Å². The maximum absolute atomic E-state index is 12.9. The van der Waals surface area contributed by atoms with E-state index in [4.69, 9.17) is 23.4 Å². The molecule has 1 amide bonds. The van der Waals surface area contributed by atoms with Crippen LogP contribution in [-0.4, -0.2) is 33.4 Å². The van der Waals surface area contributed by atoms with Crippen molar-refractivity contribution in [3.05, 3.63) is 58.8 Å². The van der Waals surface area contributed by atoms with Gasteiger partial charge in [-0.2, -0.15) is 0 Å². The third-order valence-electron chi connectivity index (χ3n) is 6.23. The van der Waals surface area contributed by atoms with Gasteiger partial charge in [-0.25, -0.2) is 4.39 Å². The molecule has 4 rings (SSSR count). The van der Waals surface area contributed by atoms with E-state index in [1.54, 1.807) is 18.2 Å². The first kappa shape index (κ1) is 24.4. The maximum atomic E-state index is 12.9. The van der Waals surface area contributed by atoms with Gasteiger partial charge in [0, 0.05) is 18.2 Å². The highest BCUT2D eigenvalue weighted by molar-refractivity contribution is 6.04. The van der Waals surface area contributed by atoms with Gasteiger partial charge in [-0.05, 0) is 54.0 Å². The van der Waals surface area contributed by atoms with Gasteiger partial charge in [-0.3, -0.25) is 4.79 Å². The molecule has 0 spiro atoms. The van der Waals surface area contributed by atoms with Crippen molar-refractivity contribution in [3.8, 4) is 28.9 Å². The Labute approximate surface area is 204 Å². The average Bonchev–Trinajstić information content (AvgIpc) is 3.42. The summed E-state index contributed by atoms with van der Waals surface area (Å²) in [5.74, 6) is 1.41. The van der Waals surface area contributed by atoms with Crippen molar-refractivity contribution in [2.24, 2.45) is 0 Å². The summed E-state index contributed by atoms with van der Waals surface area (Å²) < 4.78 is 40.2. The molecule has 1 N–H and O–H groups in total. The van der Waals surface area contributed by atoms with Crippen molar-refractivity contribution in [2.45, 2.75) is 39.0 Å². The average molecular weight is 483 g/mol. The fourth-order valence-corrected chi connectivity index (χ4v) is 4.31. The maximum Gasteiger partial charge on any atom is 0.291 e. The van der Waals surface area contributed by atoms with Gasteiger partial charge in [0.25, 0.3) is 11.9 Å². The summed E-state index contributed by atoms with van der Waals surface area (Å²) in [5, 5.41) is 2.75. The second-order valence-corrected chi connectivity index (χ2v) is 9.07. The van der Waals surface area contributed by atoms with Gasteiger partial charge in [0.05, 0.1) is 14.2 Å². The Bertz CT molecular complexity index is 1210. The van der Waals surface area contributed by atoms with Crippen LogP contribution in [0.5, 0.6) is 28.9 Å². The lowest BCUT2D eigenvalue weighted by atomic mass is 9.86. The van der Waals surface area contributed by atoms with Crippen molar-refractivity contribution in [3.63, 3.8) is 0 Å². The van der Waals surface area contributed by atoms with Crippen LogP contribution < -0.4 is 24.3 Å². The van der Waals surface area contributed by atoms with E-state index < -0.39 is 12.6 Å². The summed E-state index contributed by atoms with van der Waals surface area (Å²) in [6.45, 7) is 5.73. The third kappa shape index (κ3) is 5.06. The number of carbonyl (C=O) groups is 1. The molecule has 8 heteroatoms. The number of hydrogen-bond donors (Lipinski definition) is 1. The van der Waals surface area contributed by atoms with Gasteiger partial charge in [0.1, 0.15) is 42.0 Å². The van der Waals surface area contributed by atoms with Crippen molar-refractivity contribution in [2.75, 3.05) is 32.8 Å². The highest BCUT2D eigenvalue weighted by Crippen LogP contribution is 2.42. The molecule has 0 saturated carbocycles. The quantitative estimate of drug-likeness (QED) is 0.390. The van der Waals surface area contributed by atoms with E-state index in [0.29, 0.717) is 28.7 Å². The number of carbonyl (C=O) groups excluding carboxylic acids is 1. The zero-order valence-corrected chi connectivity index (χ0v) is 20.6. The monoisotopic (exact) mass is 482 g/mol. The molecule has 35 heavy (non-hydrogen) atoms. The summed E-state index contributed by atoms with van der Waals surface area (Å²) in [7, 11) is 2.89. The van der Waals surface area contributed by atoms with Gasteiger partial charge in [0.2, 0.25) is 0 Å². The number of fused-ring (bicyclic) bond motifs is 1. The molecule has 1 aliphatic rings. The van der Waals surface area contributed by atoms with E-state index >= 15 is 0 Å². The number of benzene rings is 2. The first-order chi connectivity index (χ1) is 16.7. The number of rotatable bonds is 9. The van der Waals surface area contributed by atoms with Crippen LogP contribution in [0.25, 0.3) is 0 Å². The predicted molar refractivity (Wildman–Crippen MR) is 130 cm³/mol. The first-order valence-corrected chi connectivity index (χ1v) is 11.4. The van der Waals surface area contributed by atoms with Crippen molar-refractivity contribution in [1.29, 1.82) is 0 Å². The van der Waals surface area contributed by atoms with Gasteiger partial charge >= 0.3 is 0 Å². The number of furan rings is 1. The molecule has 7 nitrogen and oxygen atoms in total. The Kier molecular flexibility index (Phi) is 6.91. The van der Waals surface area contributed by atoms with Crippen LogP contribution in [0.1, 0.15) is 47.5 Å². The second-order valence-electron chi connectivity index (χ2n) is 9.07. The lowest BCUT2D eigenvalue weighted by Crippen LogP contribution is -2.13. The minimum atomic E-state index is -0.630. The summed E-state index contributed by atoms with van der Waals surface area (Å²) in [4.78, 5) is 12.9. The summed E-state index contributed by atoms with van der Waals surface area (Å²) >= 11 is 0. The van der Waals surface area contributed by atoms with Crippen molar-refractivity contribution in [1.82, 2.24) is 0 Å². The van der Waals surface area contributed by atoms with Gasteiger partial charge in [-0.15, -0.1) is 0 Å². The topological polar surface area (TPSA) is 79.2 Å². The minimum Gasteiger partial charge on any atom is -0.494 e. The molecule has 0 saturated heterocycles. The van der Waals surface area contributed by atoms with Gasteiger partial charge < -0.3 is 28.7 Å². The van der Waals surface area contributed by atoms with Crippen LogP contribution >= 0.6 is 0 Å². The molecule has 186 valence electrons. The zero-order valence-electron chi connectivity index (χ0n) is 20.6. The molecule has 0 bridgehead atoms. The number of alkyl halides is 1. The van der Waals surface area contributed by atoms with E-state index in [-0.39, 0.29) is 23.7 Å². The molecule has 0 radical (unpaired) electrons. The number of ether oxygens (including phenoxy) is 4. The fourth-order valence-electron chi connectivity index (χ4n) is 4.31. The number of anilines is 1. The molecule has 1 aromatic heterocycles. The Balaban J connectivity index is 1.53. The number of amides is 1. The van der Waals surface area contributed by atoms with Crippen molar-refractivity contribution < 1.29 is 32.5 Å². The number of nitrogens with one attached hydrogen (secondary N) is 1. The summed E-state index contributed by atoms with van der Waals surface area (Å²) in [6.07, 6.45) is 2.16. The van der Waals surface area contributed by atoms with Crippen LogP contribution in [0, 0.1) is 6.92 Å². The molecule has 1 aliphatic carbocycles. The summed E-state index contributed by atoms with van der Waals surface area (Å²) in [5.41, 5.74) is 4.03. The zero-order chi connectivity index (χ0) is 25.2. The number of aryl methyl sites for hydroxylation is 2. The predicted octanol–water partition coefficient (Wildman–Crippen LogP) is 6.22. The molecule has 0 unspecified atom stereocenters. The Morgan fingerprint density at radius 2 is 1.80 bits per heavy atom. The molecule has 0 aliphatic heterocycles. The normalized spacial score (nSPS) is 13.8. The Morgan fingerprint density at radius 1 is 1.09 bits per heavy atom.